The maximum Gasteiger partial charge on any atom is 0.255 e. The monoisotopic (exact) mass is 593 g/mol. The number of alkyl halides is 1. The molecule has 0 atom stereocenters. The van der Waals surface area contributed by atoms with Crippen LogP contribution >= 0.6 is 0 Å². The Morgan fingerprint density at radius 3 is 2.68 bits per heavy atom. The third-order valence-electron chi connectivity index (χ3n) is 8.82. The highest BCUT2D eigenvalue weighted by atomic mass is 19.1. The fourth-order valence-corrected chi connectivity index (χ4v) is 6.44. The highest BCUT2D eigenvalue weighted by Crippen LogP contribution is 2.29. The number of aromatic nitrogens is 5. The second-order valence-electron chi connectivity index (χ2n) is 11.6. The van der Waals surface area contributed by atoms with Crippen molar-refractivity contribution in [3.8, 4) is 5.82 Å². The van der Waals surface area contributed by atoms with E-state index in [1.54, 1.807) is 12.3 Å². The van der Waals surface area contributed by atoms with Gasteiger partial charge in [-0.2, -0.15) is 0 Å². The van der Waals surface area contributed by atoms with Crippen LogP contribution in [0, 0.1) is 6.92 Å². The van der Waals surface area contributed by atoms with Gasteiger partial charge in [-0.15, -0.1) is 0 Å². The number of fused-ring (bicyclic) bond motifs is 1. The van der Waals surface area contributed by atoms with E-state index < -0.39 is 6.67 Å². The highest BCUT2D eigenvalue weighted by molar-refractivity contribution is 6.05. The lowest BCUT2D eigenvalue weighted by Crippen LogP contribution is -2.43. The molecule has 226 valence electrons. The molecule has 5 heterocycles. The maximum atomic E-state index is 13.9. The standard InChI is InChI=1S/C33H36FN9O/c1-22-4-5-25(19-29(22)40-33-36-10-15-43(33)31-28-6-9-35-30(28)37-21-38-31)39-32(44)24-16-23(20-34)17-27(18-24)42-13-7-26(8-14-42)41-11-2-3-12-41/h4-6,9-10,15-19,21,26H,2-3,7-8,11-14,20H2,1H3,(H,36,40)(H,39,44)(H,35,37,38). The summed E-state index contributed by atoms with van der Waals surface area (Å²) in [6.07, 6.45) is 11.6. The molecule has 0 saturated carbocycles. The van der Waals surface area contributed by atoms with Gasteiger partial charge in [0.1, 0.15) is 18.6 Å². The molecular formula is C33H36FN9O. The number of likely N-dealkylation sites (tertiary alicyclic amines) is 1. The Bertz CT molecular complexity index is 1780. The van der Waals surface area contributed by atoms with Crippen LogP contribution in [0.15, 0.2) is 67.4 Å². The molecule has 44 heavy (non-hydrogen) atoms. The van der Waals surface area contributed by atoms with Crippen molar-refractivity contribution in [1.82, 2.24) is 29.4 Å². The van der Waals surface area contributed by atoms with Gasteiger partial charge in [-0.05, 0) is 93.2 Å². The SMILES string of the molecule is Cc1ccc(NC(=O)c2cc(CF)cc(N3CCC(N4CCCC4)CC3)c2)cc1Nc1nccn1-c1ncnc2[nH]ccc12. The van der Waals surface area contributed by atoms with Crippen molar-refractivity contribution < 1.29 is 9.18 Å². The number of imidazole rings is 1. The Hall–Kier alpha value is -4.77. The van der Waals surface area contributed by atoms with Gasteiger partial charge < -0.3 is 25.4 Å². The lowest BCUT2D eigenvalue weighted by Gasteiger charge is -2.38. The Balaban J connectivity index is 1.08. The molecule has 11 heteroatoms. The number of halogens is 1. The van der Waals surface area contributed by atoms with Crippen LogP contribution in [0.5, 0.6) is 0 Å². The maximum absolute atomic E-state index is 13.9. The van der Waals surface area contributed by atoms with Crippen molar-refractivity contribution in [3.63, 3.8) is 0 Å². The predicted octanol–water partition coefficient (Wildman–Crippen LogP) is 5.98. The number of benzene rings is 2. The van der Waals surface area contributed by atoms with Crippen LogP contribution in [0.1, 0.15) is 47.2 Å². The van der Waals surface area contributed by atoms with E-state index in [1.807, 2.05) is 60.3 Å². The number of anilines is 4. The van der Waals surface area contributed by atoms with Crippen LogP contribution in [0.3, 0.4) is 0 Å². The smallest absolute Gasteiger partial charge is 0.255 e. The van der Waals surface area contributed by atoms with Gasteiger partial charge in [-0.25, -0.2) is 19.3 Å². The third-order valence-corrected chi connectivity index (χ3v) is 8.82. The van der Waals surface area contributed by atoms with Crippen molar-refractivity contribution >= 4 is 40.0 Å². The number of amides is 1. The van der Waals surface area contributed by atoms with Crippen LogP contribution in [0.4, 0.5) is 27.4 Å². The van der Waals surface area contributed by atoms with Gasteiger partial charge >= 0.3 is 0 Å². The second-order valence-corrected chi connectivity index (χ2v) is 11.6. The molecule has 2 saturated heterocycles. The number of hydrogen-bond donors (Lipinski definition) is 3. The largest absolute Gasteiger partial charge is 0.371 e. The number of H-pyrrole nitrogens is 1. The molecule has 0 bridgehead atoms. The third kappa shape index (κ3) is 5.62. The first-order valence-electron chi connectivity index (χ1n) is 15.3. The van der Waals surface area contributed by atoms with Crippen LogP contribution < -0.4 is 15.5 Å². The molecule has 3 aromatic heterocycles. The first-order chi connectivity index (χ1) is 21.6. The van der Waals surface area contributed by atoms with Gasteiger partial charge in [0.15, 0.2) is 5.82 Å². The number of nitrogens with zero attached hydrogens (tertiary/aromatic N) is 6. The van der Waals surface area contributed by atoms with Crippen LogP contribution in [0.25, 0.3) is 16.9 Å². The molecule has 0 aliphatic carbocycles. The van der Waals surface area contributed by atoms with E-state index in [1.165, 1.54) is 32.3 Å². The molecule has 1 amide bonds. The number of rotatable bonds is 8. The summed E-state index contributed by atoms with van der Waals surface area (Å²) in [5, 5.41) is 7.29. The molecule has 3 N–H and O–H groups in total. The Kier molecular flexibility index (Phi) is 7.69. The van der Waals surface area contributed by atoms with E-state index in [4.69, 9.17) is 0 Å². The fraction of sp³-hybridized carbons (Fsp3) is 0.333. The lowest BCUT2D eigenvalue weighted by atomic mass is 10.0. The Morgan fingerprint density at radius 1 is 1.02 bits per heavy atom. The fourth-order valence-electron chi connectivity index (χ4n) is 6.44. The van der Waals surface area contributed by atoms with E-state index in [2.05, 4.69) is 40.4 Å². The van der Waals surface area contributed by atoms with Gasteiger partial charge in [0.25, 0.3) is 5.91 Å². The molecule has 2 aromatic carbocycles. The van der Waals surface area contributed by atoms with E-state index in [0.29, 0.717) is 34.6 Å². The average molecular weight is 594 g/mol. The molecule has 7 rings (SSSR count). The summed E-state index contributed by atoms with van der Waals surface area (Å²) in [4.78, 5) is 34.8. The molecule has 2 aliphatic heterocycles. The number of piperidine rings is 1. The number of aryl methyl sites for hydroxylation is 1. The van der Waals surface area contributed by atoms with E-state index in [9.17, 15) is 9.18 Å². The number of carbonyl (C=O) groups excluding carboxylic acids is 1. The first-order valence-corrected chi connectivity index (χ1v) is 15.3. The van der Waals surface area contributed by atoms with E-state index in [-0.39, 0.29) is 5.91 Å². The van der Waals surface area contributed by atoms with Crippen molar-refractivity contribution in [1.29, 1.82) is 0 Å². The van der Waals surface area contributed by atoms with Crippen molar-refractivity contribution in [2.24, 2.45) is 0 Å². The molecular weight excluding hydrogens is 557 g/mol. The summed E-state index contributed by atoms with van der Waals surface area (Å²) >= 11 is 0. The number of nitrogens with one attached hydrogen (secondary N) is 3. The predicted molar refractivity (Wildman–Crippen MR) is 171 cm³/mol. The second kappa shape index (κ2) is 12.1. The van der Waals surface area contributed by atoms with Gasteiger partial charge in [0.05, 0.1) is 5.39 Å². The molecule has 0 unspecified atom stereocenters. The molecule has 0 radical (unpaired) electrons. The summed E-state index contributed by atoms with van der Waals surface area (Å²) in [5.41, 5.74) is 4.98. The lowest BCUT2D eigenvalue weighted by molar-refractivity contribution is 0.102. The minimum atomic E-state index is -0.620. The zero-order valence-electron chi connectivity index (χ0n) is 24.8. The average Bonchev–Trinajstić information content (AvgIpc) is 3.85. The topological polar surface area (TPSA) is 107 Å². The minimum Gasteiger partial charge on any atom is -0.371 e. The highest BCUT2D eigenvalue weighted by Gasteiger charge is 2.27. The quantitative estimate of drug-likeness (QED) is 0.203. The summed E-state index contributed by atoms with van der Waals surface area (Å²) in [6, 6.07) is 13.6. The number of hydrogen-bond acceptors (Lipinski definition) is 7. The summed E-state index contributed by atoms with van der Waals surface area (Å²) in [5.74, 6) is 0.995. The van der Waals surface area contributed by atoms with Crippen LogP contribution in [0.2, 0.25) is 0 Å². The molecule has 5 aromatic rings. The Labute approximate surface area is 255 Å². The zero-order valence-corrected chi connectivity index (χ0v) is 24.8. The molecule has 10 nitrogen and oxygen atoms in total. The van der Waals surface area contributed by atoms with Gasteiger partial charge in [0.2, 0.25) is 5.95 Å². The zero-order chi connectivity index (χ0) is 30.0. The van der Waals surface area contributed by atoms with Crippen molar-refractivity contribution in [2.75, 3.05) is 41.7 Å². The summed E-state index contributed by atoms with van der Waals surface area (Å²) < 4.78 is 15.8. The number of aromatic amines is 1. The van der Waals surface area contributed by atoms with Crippen molar-refractivity contribution in [3.05, 3.63) is 84.1 Å². The van der Waals surface area contributed by atoms with Crippen molar-refractivity contribution in [2.45, 2.75) is 45.3 Å². The normalized spacial score (nSPS) is 16.1. The van der Waals surface area contributed by atoms with Crippen LogP contribution in [-0.4, -0.2) is 67.5 Å². The van der Waals surface area contributed by atoms with E-state index in [0.717, 1.165) is 53.9 Å². The molecule has 2 fully saturated rings. The summed E-state index contributed by atoms with van der Waals surface area (Å²) in [7, 11) is 0. The summed E-state index contributed by atoms with van der Waals surface area (Å²) in [6.45, 7) is 5.58. The molecule has 0 spiro atoms. The number of carbonyl (C=O) groups is 1. The van der Waals surface area contributed by atoms with Gasteiger partial charge in [0, 0.05) is 60.3 Å². The van der Waals surface area contributed by atoms with Gasteiger partial charge in [-0.1, -0.05) is 6.07 Å². The van der Waals surface area contributed by atoms with Crippen LogP contribution in [-0.2, 0) is 6.67 Å². The first kappa shape index (κ1) is 28.0. The molecule has 2 aliphatic rings. The van der Waals surface area contributed by atoms with Gasteiger partial charge in [-0.3, -0.25) is 9.36 Å². The Morgan fingerprint density at radius 2 is 1.86 bits per heavy atom. The minimum absolute atomic E-state index is 0.277. The van der Waals surface area contributed by atoms with E-state index >= 15 is 0 Å².